The Morgan fingerprint density at radius 2 is 2.18 bits per heavy atom. The van der Waals surface area contributed by atoms with Crippen molar-refractivity contribution in [1.82, 2.24) is 9.88 Å². The molecular weight excluding hydrogens is 220 g/mol. The summed E-state index contributed by atoms with van der Waals surface area (Å²) in [6.45, 7) is 4.39. The molecule has 0 bridgehead atoms. The fraction of sp³-hybridized carbons (Fsp3) is 0.500. The van der Waals surface area contributed by atoms with Crippen molar-refractivity contribution in [3.05, 3.63) is 23.9 Å². The number of hydrogen-bond acceptors (Lipinski definition) is 4. The number of likely N-dealkylation sites (N-methyl/N-ethyl adjacent to an activating group) is 1. The number of carbonyl (C=O) groups is 1. The average Bonchev–Trinajstić information content (AvgIpc) is 2.26. The van der Waals surface area contributed by atoms with Crippen LogP contribution in [0.25, 0.3) is 0 Å². The van der Waals surface area contributed by atoms with Crippen molar-refractivity contribution in [3.63, 3.8) is 0 Å². The van der Waals surface area contributed by atoms with Crippen molar-refractivity contribution in [2.75, 3.05) is 20.7 Å². The molecule has 0 aromatic carbocycles. The van der Waals surface area contributed by atoms with Crippen molar-refractivity contribution in [2.45, 2.75) is 19.4 Å². The molecule has 17 heavy (non-hydrogen) atoms. The molecule has 0 saturated heterocycles. The lowest BCUT2D eigenvalue weighted by molar-refractivity contribution is 0.0681. The van der Waals surface area contributed by atoms with Crippen molar-refractivity contribution < 1.29 is 14.6 Å². The molecule has 0 spiro atoms. The van der Waals surface area contributed by atoms with Gasteiger partial charge in [-0.3, -0.25) is 0 Å². The highest BCUT2D eigenvalue weighted by molar-refractivity contribution is 5.90. The zero-order valence-electron chi connectivity index (χ0n) is 10.6. The van der Waals surface area contributed by atoms with Crippen molar-refractivity contribution in [2.24, 2.45) is 0 Å². The number of aromatic nitrogens is 1. The van der Waals surface area contributed by atoms with E-state index in [1.807, 2.05) is 32.8 Å². The van der Waals surface area contributed by atoms with Gasteiger partial charge in [0.05, 0.1) is 0 Å². The van der Waals surface area contributed by atoms with E-state index < -0.39 is 5.97 Å². The van der Waals surface area contributed by atoms with Crippen LogP contribution in [0.1, 0.15) is 24.2 Å². The molecule has 0 atom stereocenters. The maximum atomic E-state index is 10.9. The van der Waals surface area contributed by atoms with Gasteiger partial charge in [0.15, 0.2) is 0 Å². The SMILES string of the molecule is CN(C)C(C)(C)COc1ncccc1C(=O)O. The van der Waals surface area contributed by atoms with Crippen LogP contribution in [-0.2, 0) is 0 Å². The van der Waals surface area contributed by atoms with Gasteiger partial charge in [0.1, 0.15) is 12.2 Å². The van der Waals surface area contributed by atoms with Crippen LogP contribution in [0.3, 0.4) is 0 Å². The second-order valence-electron chi connectivity index (χ2n) is 4.66. The first kappa shape index (κ1) is 13.4. The summed E-state index contributed by atoms with van der Waals surface area (Å²) in [5, 5.41) is 8.97. The maximum absolute atomic E-state index is 10.9. The van der Waals surface area contributed by atoms with Crippen LogP contribution in [0, 0.1) is 0 Å². The molecule has 1 rings (SSSR count). The first-order chi connectivity index (χ1) is 7.84. The van der Waals surface area contributed by atoms with Crippen LogP contribution < -0.4 is 4.74 Å². The molecule has 5 heteroatoms. The topological polar surface area (TPSA) is 62.7 Å². The van der Waals surface area contributed by atoms with E-state index in [1.165, 1.54) is 12.3 Å². The number of aromatic carboxylic acids is 1. The monoisotopic (exact) mass is 238 g/mol. The minimum atomic E-state index is -1.03. The average molecular weight is 238 g/mol. The van der Waals surface area contributed by atoms with Gasteiger partial charge in [0, 0.05) is 11.7 Å². The van der Waals surface area contributed by atoms with E-state index in [9.17, 15) is 4.79 Å². The van der Waals surface area contributed by atoms with Gasteiger partial charge in [0.2, 0.25) is 5.88 Å². The van der Waals surface area contributed by atoms with E-state index in [0.717, 1.165) is 0 Å². The second kappa shape index (κ2) is 5.14. The zero-order valence-corrected chi connectivity index (χ0v) is 10.6. The molecule has 1 N–H and O–H groups in total. The van der Waals surface area contributed by atoms with Gasteiger partial charge in [-0.15, -0.1) is 0 Å². The standard InChI is InChI=1S/C12H18N2O3/c1-12(2,14(3)4)8-17-10-9(11(15)16)6-5-7-13-10/h5-7H,8H2,1-4H3,(H,15,16). The smallest absolute Gasteiger partial charge is 0.341 e. The molecule has 0 amide bonds. The highest BCUT2D eigenvalue weighted by Crippen LogP contribution is 2.17. The first-order valence-corrected chi connectivity index (χ1v) is 5.33. The van der Waals surface area contributed by atoms with Gasteiger partial charge in [-0.05, 0) is 40.1 Å². The Kier molecular flexibility index (Phi) is 4.07. The zero-order chi connectivity index (χ0) is 13.1. The molecule has 0 aliphatic rings. The van der Waals surface area contributed by atoms with Crippen LogP contribution in [0.2, 0.25) is 0 Å². The third kappa shape index (κ3) is 3.42. The number of rotatable bonds is 5. The van der Waals surface area contributed by atoms with Gasteiger partial charge < -0.3 is 14.7 Å². The number of ether oxygens (including phenoxy) is 1. The molecule has 0 aliphatic heterocycles. The number of hydrogen-bond donors (Lipinski definition) is 1. The van der Waals surface area contributed by atoms with Crippen LogP contribution in [0.5, 0.6) is 5.88 Å². The lowest BCUT2D eigenvalue weighted by Crippen LogP contribution is -2.43. The number of carboxylic acids is 1. The van der Waals surface area contributed by atoms with E-state index >= 15 is 0 Å². The Balaban J connectivity index is 2.79. The van der Waals surface area contributed by atoms with E-state index in [0.29, 0.717) is 6.61 Å². The molecule has 1 aromatic rings. The molecule has 94 valence electrons. The summed E-state index contributed by atoms with van der Waals surface area (Å²) >= 11 is 0. The summed E-state index contributed by atoms with van der Waals surface area (Å²) < 4.78 is 5.49. The summed E-state index contributed by atoms with van der Waals surface area (Å²) in [5.74, 6) is -0.870. The summed E-state index contributed by atoms with van der Waals surface area (Å²) in [7, 11) is 3.89. The van der Waals surface area contributed by atoms with E-state index in [1.54, 1.807) is 6.07 Å². The predicted octanol–water partition coefficient (Wildman–Crippen LogP) is 1.50. The predicted molar refractivity (Wildman–Crippen MR) is 64.5 cm³/mol. The third-order valence-electron chi connectivity index (χ3n) is 2.77. The summed E-state index contributed by atoms with van der Waals surface area (Å²) in [6, 6.07) is 3.06. The quantitative estimate of drug-likeness (QED) is 0.842. The van der Waals surface area contributed by atoms with Gasteiger partial charge in [-0.25, -0.2) is 9.78 Å². The van der Waals surface area contributed by atoms with E-state index in [4.69, 9.17) is 9.84 Å². The summed E-state index contributed by atoms with van der Waals surface area (Å²) in [4.78, 5) is 16.9. The van der Waals surface area contributed by atoms with E-state index in [2.05, 4.69) is 4.98 Å². The number of nitrogens with zero attached hydrogens (tertiary/aromatic N) is 2. The van der Waals surface area contributed by atoms with Gasteiger partial charge >= 0.3 is 5.97 Å². The Labute approximate surface area is 101 Å². The molecule has 1 heterocycles. The maximum Gasteiger partial charge on any atom is 0.341 e. The highest BCUT2D eigenvalue weighted by Gasteiger charge is 2.23. The van der Waals surface area contributed by atoms with E-state index in [-0.39, 0.29) is 17.0 Å². The minimum absolute atomic E-state index is 0.0852. The van der Waals surface area contributed by atoms with Crippen molar-refractivity contribution in [3.8, 4) is 5.88 Å². The molecule has 0 unspecified atom stereocenters. The molecule has 0 saturated carbocycles. The Morgan fingerprint density at radius 3 is 2.71 bits per heavy atom. The molecule has 5 nitrogen and oxygen atoms in total. The molecule has 0 aliphatic carbocycles. The minimum Gasteiger partial charge on any atom is -0.477 e. The number of carboxylic acid groups (broad SMARTS) is 1. The van der Waals surface area contributed by atoms with Gasteiger partial charge in [0.25, 0.3) is 0 Å². The Morgan fingerprint density at radius 1 is 1.53 bits per heavy atom. The largest absolute Gasteiger partial charge is 0.477 e. The summed E-state index contributed by atoms with van der Waals surface area (Å²) in [5.41, 5.74) is -0.102. The first-order valence-electron chi connectivity index (χ1n) is 5.33. The van der Waals surface area contributed by atoms with Crippen LogP contribution in [0.15, 0.2) is 18.3 Å². The highest BCUT2D eigenvalue weighted by atomic mass is 16.5. The Bertz CT molecular complexity index is 402. The molecule has 0 fully saturated rings. The van der Waals surface area contributed by atoms with Crippen LogP contribution in [0.4, 0.5) is 0 Å². The van der Waals surface area contributed by atoms with Gasteiger partial charge in [-0.1, -0.05) is 0 Å². The lowest BCUT2D eigenvalue weighted by atomic mass is 10.1. The lowest BCUT2D eigenvalue weighted by Gasteiger charge is -2.32. The molecule has 0 radical (unpaired) electrons. The molecular formula is C12H18N2O3. The molecule has 1 aromatic heterocycles. The fourth-order valence-corrected chi connectivity index (χ4v) is 1.04. The third-order valence-corrected chi connectivity index (χ3v) is 2.77. The number of pyridine rings is 1. The van der Waals surface area contributed by atoms with Crippen molar-refractivity contribution in [1.29, 1.82) is 0 Å². The van der Waals surface area contributed by atoms with Crippen LogP contribution >= 0.6 is 0 Å². The Hall–Kier alpha value is -1.62. The second-order valence-corrected chi connectivity index (χ2v) is 4.66. The van der Waals surface area contributed by atoms with Crippen LogP contribution in [-0.4, -0.2) is 47.2 Å². The van der Waals surface area contributed by atoms with Gasteiger partial charge in [-0.2, -0.15) is 0 Å². The fourth-order valence-electron chi connectivity index (χ4n) is 1.04. The normalized spacial score (nSPS) is 11.6. The summed E-state index contributed by atoms with van der Waals surface area (Å²) in [6.07, 6.45) is 1.52. The van der Waals surface area contributed by atoms with Crippen molar-refractivity contribution >= 4 is 5.97 Å².